The first-order chi connectivity index (χ1) is 18.2. The number of aromatic nitrogens is 1. The quantitative estimate of drug-likeness (QED) is 0.213. The monoisotopic (exact) mass is 483 g/mol. The van der Waals surface area contributed by atoms with Gasteiger partial charge in [0.15, 0.2) is 6.20 Å². The standard InChI is InChI=1S/C33H27N2O2/c1-34-20-19-25(26-13-5-8-16-30(26)34)21-29-27-14-6-9-17-31(27)35(32-18-10-7-15-28(29)32)22-33(36)37-23-24-11-3-2-4-12-24/h2-21H,22-23H2,1H3/q+1. The molecule has 5 aromatic rings. The molecule has 0 atom stereocenters. The highest BCUT2D eigenvalue weighted by atomic mass is 16.5. The number of anilines is 2. The van der Waals surface area contributed by atoms with Gasteiger partial charge in [-0.05, 0) is 41.0 Å². The van der Waals surface area contributed by atoms with Crippen LogP contribution in [0.2, 0.25) is 0 Å². The number of hydrogen-bond donors (Lipinski definition) is 0. The lowest BCUT2D eigenvalue weighted by atomic mass is 9.88. The average Bonchev–Trinajstić information content (AvgIpc) is 2.95. The fourth-order valence-electron chi connectivity index (χ4n) is 5.06. The first kappa shape index (κ1) is 22.7. The minimum atomic E-state index is -0.262. The number of esters is 1. The number of ether oxygens (including phenoxy) is 1. The second-order valence-electron chi connectivity index (χ2n) is 9.22. The molecule has 180 valence electrons. The second kappa shape index (κ2) is 9.75. The zero-order valence-electron chi connectivity index (χ0n) is 20.7. The van der Waals surface area contributed by atoms with E-state index in [9.17, 15) is 4.79 Å². The molecule has 0 radical (unpaired) electrons. The highest BCUT2D eigenvalue weighted by molar-refractivity contribution is 6.06. The van der Waals surface area contributed by atoms with E-state index < -0.39 is 0 Å². The first-order valence-corrected chi connectivity index (χ1v) is 12.4. The van der Waals surface area contributed by atoms with E-state index in [1.807, 2.05) is 42.5 Å². The minimum absolute atomic E-state index is 0.137. The zero-order chi connectivity index (χ0) is 25.2. The van der Waals surface area contributed by atoms with E-state index in [-0.39, 0.29) is 19.1 Å². The van der Waals surface area contributed by atoms with Crippen molar-refractivity contribution in [3.8, 4) is 0 Å². The summed E-state index contributed by atoms with van der Waals surface area (Å²) in [5.74, 6) is -0.262. The molecular formula is C33H27N2O2+. The van der Waals surface area contributed by atoms with Crippen LogP contribution in [0, 0.1) is 0 Å². The number of carbonyl (C=O) groups excluding carboxylic acids is 1. The maximum atomic E-state index is 13.0. The molecule has 0 spiro atoms. The predicted octanol–water partition coefficient (Wildman–Crippen LogP) is 6.45. The van der Waals surface area contributed by atoms with Gasteiger partial charge in [-0.2, -0.15) is 0 Å². The Hall–Kier alpha value is -4.70. The van der Waals surface area contributed by atoms with E-state index in [0.717, 1.165) is 39.2 Å². The molecule has 1 aromatic heterocycles. The summed E-state index contributed by atoms with van der Waals surface area (Å²) in [6.45, 7) is 0.402. The Labute approximate surface area is 216 Å². The van der Waals surface area contributed by atoms with Crippen molar-refractivity contribution in [1.82, 2.24) is 0 Å². The van der Waals surface area contributed by atoms with Crippen LogP contribution < -0.4 is 9.47 Å². The summed E-state index contributed by atoms with van der Waals surface area (Å²) in [6, 6.07) is 36.9. The van der Waals surface area contributed by atoms with Gasteiger partial charge in [-0.15, -0.1) is 0 Å². The van der Waals surface area contributed by atoms with Gasteiger partial charge < -0.3 is 9.64 Å². The molecule has 0 saturated carbocycles. The van der Waals surface area contributed by atoms with Crippen molar-refractivity contribution in [2.24, 2.45) is 7.05 Å². The van der Waals surface area contributed by atoms with Gasteiger partial charge in [0.2, 0.25) is 5.52 Å². The number of aryl methyl sites for hydroxylation is 1. The van der Waals surface area contributed by atoms with Crippen molar-refractivity contribution in [2.75, 3.05) is 11.4 Å². The van der Waals surface area contributed by atoms with Crippen molar-refractivity contribution >= 4 is 39.9 Å². The van der Waals surface area contributed by atoms with Gasteiger partial charge in [-0.1, -0.05) is 78.9 Å². The van der Waals surface area contributed by atoms with Crippen LogP contribution in [0.3, 0.4) is 0 Å². The average molecular weight is 484 g/mol. The number of benzene rings is 4. The largest absolute Gasteiger partial charge is 0.459 e. The Balaban J connectivity index is 1.40. The highest BCUT2D eigenvalue weighted by Crippen LogP contribution is 2.45. The number of para-hydroxylation sites is 3. The number of fused-ring (bicyclic) bond motifs is 3. The number of nitrogens with zero attached hydrogens (tertiary/aromatic N) is 2. The summed E-state index contributed by atoms with van der Waals surface area (Å²) in [4.78, 5) is 15.0. The van der Waals surface area contributed by atoms with Gasteiger partial charge in [0.25, 0.3) is 0 Å². The summed E-state index contributed by atoms with van der Waals surface area (Å²) in [6.07, 6.45) is 4.37. The van der Waals surface area contributed by atoms with Crippen LogP contribution in [0.1, 0.15) is 22.3 Å². The third-order valence-corrected chi connectivity index (χ3v) is 6.87. The van der Waals surface area contributed by atoms with Crippen LogP contribution in [-0.2, 0) is 23.2 Å². The molecule has 0 unspecified atom stereocenters. The van der Waals surface area contributed by atoms with Crippen LogP contribution in [0.4, 0.5) is 11.4 Å². The molecule has 4 heteroatoms. The second-order valence-corrected chi connectivity index (χ2v) is 9.22. The van der Waals surface area contributed by atoms with Crippen LogP contribution in [-0.4, -0.2) is 12.5 Å². The molecule has 1 aliphatic rings. The normalized spacial score (nSPS) is 12.1. The predicted molar refractivity (Wildman–Crippen MR) is 148 cm³/mol. The van der Waals surface area contributed by atoms with Crippen molar-refractivity contribution in [3.05, 3.63) is 138 Å². The van der Waals surface area contributed by atoms with Gasteiger partial charge in [0, 0.05) is 34.6 Å². The molecule has 1 aliphatic heterocycles. The Morgan fingerprint density at radius 2 is 1.41 bits per heavy atom. The molecule has 37 heavy (non-hydrogen) atoms. The zero-order valence-corrected chi connectivity index (χ0v) is 20.7. The molecule has 0 bridgehead atoms. The summed E-state index contributed by atoms with van der Waals surface area (Å²) in [5, 5.41) is 1.20. The van der Waals surface area contributed by atoms with Crippen molar-refractivity contribution in [3.63, 3.8) is 0 Å². The lowest BCUT2D eigenvalue weighted by molar-refractivity contribution is -0.644. The summed E-state index contributed by atoms with van der Waals surface area (Å²) in [5.41, 5.74) is 8.62. The SMILES string of the molecule is C[n+]1ccc(C=C2c3ccccc3N(CC(=O)OCc3ccccc3)c3ccccc32)c2ccccc21. The van der Waals surface area contributed by atoms with Gasteiger partial charge in [-0.25, -0.2) is 4.57 Å². The van der Waals surface area contributed by atoms with Crippen molar-refractivity contribution in [2.45, 2.75) is 6.61 Å². The van der Waals surface area contributed by atoms with Gasteiger partial charge >= 0.3 is 5.97 Å². The maximum absolute atomic E-state index is 13.0. The number of hydrogen-bond acceptors (Lipinski definition) is 3. The lowest BCUT2D eigenvalue weighted by Gasteiger charge is -2.34. The van der Waals surface area contributed by atoms with E-state index >= 15 is 0 Å². The summed E-state index contributed by atoms with van der Waals surface area (Å²) < 4.78 is 7.79. The van der Waals surface area contributed by atoms with Crippen LogP contribution in [0.25, 0.3) is 22.6 Å². The molecule has 6 rings (SSSR count). The molecule has 0 N–H and O–H groups in total. The van der Waals surface area contributed by atoms with Crippen LogP contribution >= 0.6 is 0 Å². The van der Waals surface area contributed by atoms with Crippen molar-refractivity contribution in [1.29, 1.82) is 0 Å². The molecule has 0 fully saturated rings. The topological polar surface area (TPSA) is 33.4 Å². The summed E-state index contributed by atoms with van der Waals surface area (Å²) in [7, 11) is 2.07. The third-order valence-electron chi connectivity index (χ3n) is 6.87. The van der Waals surface area contributed by atoms with Gasteiger partial charge in [0.05, 0.1) is 5.39 Å². The fourth-order valence-corrected chi connectivity index (χ4v) is 5.06. The Morgan fingerprint density at radius 1 is 0.784 bits per heavy atom. The number of pyridine rings is 1. The molecule has 0 amide bonds. The number of carbonyl (C=O) groups is 1. The Kier molecular flexibility index (Phi) is 5.99. The van der Waals surface area contributed by atoms with E-state index in [0.29, 0.717) is 0 Å². The minimum Gasteiger partial charge on any atom is -0.459 e. The van der Waals surface area contributed by atoms with Crippen LogP contribution in [0.15, 0.2) is 115 Å². The van der Waals surface area contributed by atoms with E-state index in [4.69, 9.17) is 4.74 Å². The highest BCUT2D eigenvalue weighted by Gasteiger charge is 2.28. The third kappa shape index (κ3) is 4.38. The summed E-state index contributed by atoms with van der Waals surface area (Å²) >= 11 is 0. The van der Waals surface area contributed by atoms with E-state index in [2.05, 4.69) is 95.5 Å². The van der Waals surface area contributed by atoms with E-state index in [1.54, 1.807) is 0 Å². The first-order valence-electron chi connectivity index (χ1n) is 12.4. The molecule has 4 nitrogen and oxygen atoms in total. The van der Waals surface area contributed by atoms with Gasteiger partial charge in [0.1, 0.15) is 20.2 Å². The Morgan fingerprint density at radius 3 is 2.14 bits per heavy atom. The molecule has 0 aliphatic carbocycles. The Bertz CT molecular complexity index is 1590. The smallest absolute Gasteiger partial charge is 0.326 e. The van der Waals surface area contributed by atoms with Crippen LogP contribution in [0.5, 0.6) is 0 Å². The van der Waals surface area contributed by atoms with E-state index in [1.165, 1.54) is 10.9 Å². The number of rotatable bonds is 5. The van der Waals surface area contributed by atoms with Crippen molar-refractivity contribution < 1.29 is 14.1 Å². The lowest BCUT2D eigenvalue weighted by Crippen LogP contribution is -2.30. The molecular weight excluding hydrogens is 456 g/mol. The van der Waals surface area contributed by atoms with Gasteiger partial charge in [-0.3, -0.25) is 4.79 Å². The fraction of sp³-hybridized carbons (Fsp3) is 0.0909. The molecule has 2 heterocycles. The molecule has 0 saturated heterocycles. The molecule has 4 aromatic carbocycles. The maximum Gasteiger partial charge on any atom is 0.326 e.